The topological polar surface area (TPSA) is 26.1 Å². The van der Waals surface area contributed by atoms with Crippen molar-refractivity contribution < 1.29 is 4.74 Å². The van der Waals surface area contributed by atoms with Gasteiger partial charge in [-0.05, 0) is 12.8 Å². The Kier molecular flexibility index (Phi) is 3.70. The highest BCUT2D eigenvalue weighted by atomic mass is 35.5. The van der Waals surface area contributed by atoms with Crippen molar-refractivity contribution >= 4 is 17.8 Å². The average molecular weight is 176 g/mol. The molecular formula is C8H14ClNO. The number of alkyl halides is 1. The second kappa shape index (κ2) is 4.60. The van der Waals surface area contributed by atoms with Crippen molar-refractivity contribution in [2.24, 2.45) is 0 Å². The largest absolute Gasteiger partial charge is 0.624 e. The lowest BCUT2D eigenvalue weighted by Crippen LogP contribution is -2.25. The third kappa shape index (κ3) is 2.70. The minimum Gasteiger partial charge on any atom is -0.624 e. The maximum atomic E-state index is 11.2. The fraction of sp³-hybridized carbons (Fsp3) is 0.875. The maximum absolute atomic E-state index is 11.2. The Balaban J connectivity index is 2.38. The molecule has 2 nitrogen and oxygen atoms in total. The van der Waals surface area contributed by atoms with Crippen LogP contribution in [0.25, 0.3) is 0 Å². The van der Waals surface area contributed by atoms with Crippen LogP contribution < -0.4 is 0 Å². The van der Waals surface area contributed by atoms with E-state index in [2.05, 4.69) is 0 Å². The van der Waals surface area contributed by atoms with E-state index in [1.54, 1.807) is 0 Å². The second-order valence-electron chi connectivity index (χ2n) is 2.99. The van der Waals surface area contributed by atoms with Crippen LogP contribution in [0.1, 0.15) is 32.1 Å². The molecule has 0 aromatic heterocycles. The zero-order chi connectivity index (χ0) is 8.10. The molecule has 1 fully saturated rings. The van der Waals surface area contributed by atoms with E-state index in [4.69, 9.17) is 11.6 Å². The minimum absolute atomic E-state index is 0.211. The van der Waals surface area contributed by atoms with Crippen molar-refractivity contribution in [1.82, 2.24) is 0 Å². The van der Waals surface area contributed by atoms with E-state index < -0.39 is 0 Å². The molecule has 0 unspecified atom stereocenters. The van der Waals surface area contributed by atoms with Crippen molar-refractivity contribution in [3.05, 3.63) is 5.21 Å². The molecule has 11 heavy (non-hydrogen) atoms. The average Bonchev–Trinajstić information content (AvgIpc) is 2.07. The zero-order valence-corrected chi connectivity index (χ0v) is 7.39. The van der Waals surface area contributed by atoms with Crippen molar-refractivity contribution in [2.45, 2.75) is 38.1 Å². The van der Waals surface area contributed by atoms with Crippen LogP contribution in [0.15, 0.2) is 0 Å². The van der Waals surface area contributed by atoms with Crippen LogP contribution in [0.4, 0.5) is 0 Å². The molecule has 1 saturated carbocycles. The van der Waals surface area contributed by atoms with Gasteiger partial charge in [0.25, 0.3) is 0 Å². The summed E-state index contributed by atoms with van der Waals surface area (Å²) in [6, 6.07) is 0.211. The molecule has 1 rings (SSSR count). The normalized spacial score (nSPS) is 22.1. The molecule has 0 N–H and O–H groups in total. The second-order valence-corrected chi connectivity index (χ2v) is 3.30. The molecule has 1 aliphatic rings. The van der Waals surface area contributed by atoms with Gasteiger partial charge in [0, 0.05) is 12.8 Å². The number of rotatable bonds is 2. The van der Waals surface area contributed by atoms with Gasteiger partial charge >= 0.3 is 0 Å². The van der Waals surface area contributed by atoms with Gasteiger partial charge in [0.2, 0.25) is 0 Å². The van der Waals surface area contributed by atoms with Gasteiger partial charge < -0.3 is 5.21 Å². The third-order valence-corrected chi connectivity index (χ3v) is 2.32. The summed E-state index contributed by atoms with van der Waals surface area (Å²) in [6.07, 6.45) is 7.27. The van der Waals surface area contributed by atoms with E-state index in [1.165, 1.54) is 25.5 Å². The Labute approximate surface area is 72.4 Å². The molecular weight excluding hydrogens is 162 g/mol. The Morgan fingerprint density at radius 3 is 2.55 bits per heavy atom. The first-order valence-corrected chi connectivity index (χ1v) is 4.73. The Morgan fingerprint density at radius 1 is 1.36 bits per heavy atom. The predicted octanol–water partition coefficient (Wildman–Crippen LogP) is 2.14. The molecule has 0 aromatic rings. The first kappa shape index (κ1) is 8.85. The Hall–Kier alpha value is -0.240. The van der Waals surface area contributed by atoms with Gasteiger partial charge in [0.05, 0.1) is 0 Å². The minimum atomic E-state index is 0.211. The van der Waals surface area contributed by atoms with E-state index in [0.717, 1.165) is 17.6 Å². The molecule has 0 aliphatic heterocycles. The lowest BCUT2D eigenvalue weighted by molar-refractivity contribution is -0.501. The van der Waals surface area contributed by atoms with Crippen molar-refractivity contribution in [2.75, 3.05) is 5.88 Å². The standard InChI is InChI=1S/C8H14ClNO/c9-6-7-10(11)8-4-2-1-3-5-8/h7-8H,1-6H2/b10-7+. The highest BCUT2D eigenvalue weighted by Gasteiger charge is 2.18. The van der Waals surface area contributed by atoms with E-state index in [0.29, 0.717) is 5.88 Å². The Bertz CT molecular complexity index is 141. The summed E-state index contributed by atoms with van der Waals surface area (Å²) in [5.41, 5.74) is 0. The van der Waals surface area contributed by atoms with Crippen molar-refractivity contribution in [3.63, 3.8) is 0 Å². The van der Waals surface area contributed by atoms with E-state index in [1.807, 2.05) is 0 Å². The molecule has 0 atom stereocenters. The molecule has 0 aromatic carbocycles. The van der Waals surface area contributed by atoms with Crippen LogP contribution in [-0.4, -0.2) is 22.9 Å². The van der Waals surface area contributed by atoms with Gasteiger partial charge in [-0.2, -0.15) is 0 Å². The molecule has 64 valence electrons. The fourth-order valence-electron chi connectivity index (χ4n) is 1.55. The number of hydrogen-bond acceptors (Lipinski definition) is 1. The monoisotopic (exact) mass is 175 g/mol. The van der Waals surface area contributed by atoms with Crippen LogP contribution in [0.3, 0.4) is 0 Å². The summed E-state index contributed by atoms with van der Waals surface area (Å²) in [5, 5.41) is 11.2. The van der Waals surface area contributed by atoms with Crippen LogP contribution in [0, 0.1) is 5.21 Å². The summed E-state index contributed by atoms with van der Waals surface area (Å²) in [4.78, 5) is 0. The molecule has 1 aliphatic carbocycles. The maximum Gasteiger partial charge on any atom is 0.166 e. The van der Waals surface area contributed by atoms with Crippen LogP contribution in [0.5, 0.6) is 0 Å². The van der Waals surface area contributed by atoms with E-state index in [-0.39, 0.29) is 6.04 Å². The van der Waals surface area contributed by atoms with E-state index in [9.17, 15) is 5.21 Å². The summed E-state index contributed by atoms with van der Waals surface area (Å²) < 4.78 is 1.03. The molecule has 0 bridgehead atoms. The smallest absolute Gasteiger partial charge is 0.166 e. The predicted molar refractivity (Wildman–Crippen MR) is 47.3 cm³/mol. The van der Waals surface area contributed by atoms with Gasteiger partial charge in [-0.1, -0.05) is 6.42 Å². The molecule has 0 radical (unpaired) electrons. The highest BCUT2D eigenvalue weighted by molar-refractivity contribution is 6.24. The quantitative estimate of drug-likeness (QED) is 0.208. The summed E-state index contributed by atoms with van der Waals surface area (Å²) >= 11 is 5.42. The lowest BCUT2D eigenvalue weighted by atomic mass is 9.96. The number of halogens is 1. The molecule has 0 heterocycles. The third-order valence-electron chi connectivity index (χ3n) is 2.18. The fourth-order valence-corrected chi connectivity index (χ4v) is 1.69. The summed E-state index contributed by atoms with van der Waals surface area (Å²) in [7, 11) is 0. The number of hydroxylamine groups is 1. The molecule has 3 heteroatoms. The van der Waals surface area contributed by atoms with Gasteiger partial charge in [0.1, 0.15) is 5.88 Å². The number of nitrogens with zero attached hydrogens (tertiary/aromatic N) is 1. The first-order valence-electron chi connectivity index (χ1n) is 4.19. The highest BCUT2D eigenvalue weighted by Crippen LogP contribution is 2.19. The van der Waals surface area contributed by atoms with Gasteiger partial charge in [-0.3, -0.25) is 0 Å². The summed E-state index contributed by atoms with van der Waals surface area (Å²) in [6.45, 7) is 0. The SMILES string of the molecule is [O-]/[N+](=C/CCl)C1CCCCC1. The first-order chi connectivity index (χ1) is 5.34. The molecule has 0 spiro atoms. The van der Waals surface area contributed by atoms with Gasteiger partial charge in [-0.25, -0.2) is 4.74 Å². The van der Waals surface area contributed by atoms with Crippen LogP contribution >= 0.6 is 11.6 Å². The van der Waals surface area contributed by atoms with E-state index >= 15 is 0 Å². The van der Waals surface area contributed by atoms with Crippen molar-refractivity contribution in [1.29, 1.82) is 0 Å². The van der Waals surface area contributed by atoms with Gasteiger partial charge in [-0.15, -0.1) is 11.6 Å². The number of hydrogen-bond donors (Lipinski definition) is 0. The molecule has 0 amide bonds. The molecule has 0 saturated heterocycles. The van der Waals surface area contributed by atoms with Crippen molar-refractivity contribution in [3.8, 4) is 0 Å². The lowest BCUT2D eigenvalue weighted by Gasteiger charge is -2.20. The zero-order valence-electron chi connectivity index (χ0n) is 6.63. The summed E-state index contributed by atoms with van der Waals surface area (Å²) in [5.74, 6) is 0.333. The van der Waals surface area contributed by atoms with Crippen LogP contribution in [-0.2, 0) is 0 Å². The Morgan fingerprint density at radius 2 is 2.00 bits per heavy atom. The van der Waals surface area contributed by atoms with Crippen LogP contribution in [0.2, 0.25) is 0 Å². The van der Waals surface area contributed by atoms with Gasteiger partial charge in [0.15, 0.2) is 12.3 Å².